The van der Waals surface area contributed by atoms with Gasteiger partial charge in [-0.2, -0.15) is 0 Å². The molecule has 0 aliphatic heterocycles. The minimum atomic E-state index is -1.24. The maximum absolute atomic E-state index is 11.6. The van der Waals surface area contributed by atoms with Crippen molar-refractivity contribution < 1.29 is 24.9 Å². The zero-order valence-electron chi connectivity index (χ0n) is 13.9. The van der Waals surface area contributed by atoms with Crippen LogP contribution in [0.1, 0.15) is 45.4 Å². The number of carboxylic acids is 1. The van der Waals surface area contributed by atoms with Crippen LogP contribution in [-0.2, 0) is 9.59 Å². The van der Waals surface area contributed by atoms with Gasteiger partial charge in [-0.05, 0) is 25.7 Å². The van der Waals surface area contributed by atoms with Crippen LogP contribution in [0.5, 0.6) is 0 Å². The van der Waals surface area contributed by atoms with Crippen LogP contribution in [0.25, 0.3) is 0 Å². The predicted octanol–water partition coefficient (Wildman–Crippen LogP) is 0.717. The minimum Gasteiger partial charge on any atom is -0.480 e. The van der Waals surface area contributed by atoms with Crippen LogP contribution in [0.4, 0.5) is 0 Å². The first-order valence-electron chi connectivity index (χ1n) is 8.17. The summed E-state index contributed by atoms with van der Waals surface area (Å²) < 4.78 is 0. The van der Waals surface area contributed by atoms with E-state index in [4.69, 9.17) is 10.2 Å². The van der Waals surface area contributed by atoms with E-state index in [0.29, 0.717) is 6.42 Å². The third kappa shape index (κ3) is 12.8. The average molecular weight is 330 g/mol. The fraction of sp³-hybridized carbons (Fsp3) is 0.750. The summed E-state index contributed by atoms with van der Waals surface area (Å²) >= 11 is 0. The Morgan fingerprint density at radius 1 is 1.22 bits per heavy atom. The van der Waals surface area contributed by atoms with E-state index in [2.05, 4.69) is 24.4 Å². The van der Waals surface area contributed by atoms with E-state index < -0.39 is 18.8 Å². The van der Waals surface area contributed by atoms with E-state index in [1.54, 1.807) is 0 Å². The summed E-state index contributed by atoms with van der Waals surface area (Å²) in [7, 11) is 0. The van der Waals surface area contributed by atoms with Gasteiger partial charge in [0.05, 0.1) is 13.2 Å². The summed E-state index contributed by atoms with van der Waals surface area (Å²) in [4.78, 5) is 23.5. The first-order valence-corrected chi connectivity index (χ1v) is 8.17. The molecule has 1 amide bonds. The fourth-order valence-electron chi connectivity index (χ4n) is 2.06. The van der Waals surface area contributed by atoms with Gasteiger partial charge in [-0.3, -0.25) is 14.5 Å². The predicted molar refractivity (Wildman–Crippen MR) is 87.8 cm³/mol. The van der Waals surface area contributed by atoms with Crippen molar-refractivity contribution in [1.82, 2.24) is 10.2 Å². The number of amides is 1. The fourth-order valence-corrected chi connectivity index (χ4v) is 2.06. The Hall–Kier alpha value is -1.44. The normalized spacial score (nSPS) is 12.7. The summed E-state index contributed by atoms with van der Waals surface area (Å²) in [6, 6.07) is 0. The number of allylic oxidation sites excluding steroid dienone is 2. The second kappa shape index (κ2) is 14.2. The first-order chi connectivity index (χ1) is 11.0. The number of carboxylic acid groups (broad SMARTS) is 1. The molecule has 1 unspecified atom stereocenters. The number of nitrogens with one attached hydrogen (secondary N) is 1. The standard InChI is InChI=1S/C16H30N2O5/c1-2-3-4-5-6-7-8-9-14(20)17-10-11-18(12-16(22)23)15(21)13-19/h3-4,15,19,21H,2,5-13H2,1H3,(H,17,20)(H,22,23)/b4-3+. The number of aliphatic hydroxyl groups excluding tert-OH is 2. The summed E-state index contributed by atoms with van der Waals surface area (Å²) in [5, 5.41) is 29.8. The van der Waals surface area contributed by atoms with Gasteiger partial charge in [0.15, 0.2) is 0 Å². The summed E-state index contributed by atoms with van der Waals surface area (Å²) in [5.74, 6) is -1.18. The van der Waals surface area contributed by atoms with Gasteiger partial charge in [-0.25, -0.2) is 0 Å². The number of hydrogen-bond acceptors (Lipinski definition) is 5. The first kappa shape index (κ1) is 21.6. The number of hydrogen-bond donors (Lipinski definition) is 4. The molecule has 7 heteroatoms. The second-order valence-corrected chi connectivity index (χ2v) is 5.36. The molecule has 0 saturated heterocycles. The van der Waals surface area contributed by atoms with E-state index in [9.17, 15) is 14.7 Å². The zero-order valence-corrected chi connectivity index (χ0v) is 13.9. The highest BCUT2D eigenvalue weighted by Gasteiger charge is 2.17. The zero-order chi connectivity index (χ0) is 17.5. The topological polar surface area (TPSA) is 110 Å². The van der Waals surface area contributed by atoms with E-state index in [1.165, 1.54) is 4.90 Å². The van der Waals surface area contributed by atoms with Crippen molar-refractivity contribution in [3.63, 3.8) is 0 Å². The Kier molecular flexibility index (Phi) is 13.3. The van der Waals surface area contributed by atoms with Crippen LogP contribution >= 0.6 is 0 Å². The molecule has 0 aromatic rings. The minimum absolute atomic E-state index is 0.0807. The van der Waals surface area contributed by atoms with E-state index in [1.807, 2.05) is 0 Å². The Balaban J connectivity index is 3.78. The summed E-state index contributed by atoms with van der Waals surface area (Å²) in [5.41, 5.74) is 0. The van der Waals surface area contributed by atoms with Crippen molar-refractivity contribution in [2.75, 3.05) is 26.2 Å². The molecule has 4 N–H and O–H groups in total. The van der Waals surface area contributed by atoms with Crippen LogP contribution in [0.3, 0.4) is 0 Å². The van der Waals surface area contributed by atoms with Crippen molar-refractivity contribution in [3.8, 4) is 0 Å². The van der Waals surface area contributed by atoms with Crippen molar-refractivity contribution >= 4 is 11.9 Å². The van der Waals surface area contributed by atoms with E-state index in [-0.39, 0.29) is 25.5 Å². The molecule has 0 bridgehead atoms. The number of aliphatic carboxylic acids is 1. The molecule has 23 heavy (non-hydrogen) atoms. The molecular weight excluding hydrogens is 300 g/mol. The molecule has 1 atom stereocenters. The van der Waals surface area contributed by atoms with Crippen molar-refractivity contribution in [2.24, 2.45) is 0 Å². The molecule has 0 radical (unpaired) electrons. The Bertz CT molecular complexity index is 360. The van der Waals surface area contributed by atoms with Crippen LogP contribution in [0.2, 0.25) is 0 Å². The van der Waals surface area contributed by atoms with Gasteiger partial charge in [0.2, 0.25) is 5.91 Å². The van der Waals surface area contributed by atoms with Gasteiger partial charge in [0.1, 0.15) is 6.23 Å². The SMILES string of the molecule is CC/C=C/CCCCCC(=O)NCCN(CC(=O)O)C(O)CO. The van der Waals surface area contributed by atoms with Crippen LogP contribution in [0, 0.1) is 0 Å². The Labute approximate surface area is 138 Å². The van der Waals surface area contributed by atoms with Gasteiger partial charge in [0.25, 0.3) is 0 Å². The van der Waals surface area contributed by atoms with E-state index in [0.717, 1.165) is 32.1 Å². The van der Waals surface area contributed by atoms with E-state index >= 15 is 0 Å². The lowest BCUT2D eigenvalue weighted by Gasteiger charge is -2.24. The molecule has 7 nitrogen and oxygen atoms in total. The van der Waals surface area contributed by atoms with Gasteiger partial charge in [-0.1, -0.05) is 25.5 Å². The number of unbranched alkanes of at least 4 members (excludes halogenated alkanes) is 3. The Morgan fingerprint density at radius 2 is 1.96 bits per heavy atom. The molecule has 134 valence electrons. The molecule has 0 rings (SSSR count). The maximum Gasteiger partial charge on any atom is 0.317 e. The number of carbonyl (C=O) groups excluding carboxylic acids is 1. The molecule has 0 heterocycles. The van der Waals surface area contributed by atoms with Gasteiger partial charge in [-0.15, -0.1) is 0 Å². The lowest BCUT2D eigenvalue weighted by molar-refractivity contribution is -0.142. The number of aliphatic hydroxyl groups is 2. The lowest BCUT2D eigenvalue weighted by Crippen LogP contribution is -2.45. The largest absolute Gasteiger partial charge is 0.480 e. The number of nitrogens with zero attached hydrogens (tertiary/aromatic N) is 1. The van der Waals surface area contributed by atoms with Crippen LogP contribution in [-0.4, -0.2) is 64.6 Å². The molecule has 0 fully saturated rings. The van der Waals surface area contributed by atoms with Gasteiger partial charge < -0.3 is 20.6 Å². The highest BCUT2D eigenvalue weighted by Crippen LogP contribution is 2.04. The van der Waals surface area contributed by atoms with Crippen LogP contribution in [0.15, 0.2) is 12.2 Å². The van der Waals surface area contributed by atoms with Crippen molar-refractivity contribution in [2.45, 2.75) is 51.7 Å². The Morgan fingerprint density at radius 3 is 2.57 bits per heavy atom. The molecular formula is C16H30N2O5. The molecule has 0 spiro atoms. The smallest absolute Gasteiger partial charge is 0.317 e. The molecule has 0 aliphatic carbocycles. The van der Waals surface area contributed by atoms with Gasteiger partial charge >= 0.3 is 5.97 Å². The number of carbonyl (C=O) groups is 2. The van der Waals surface area contributed by atoms with Crippen LogP contribution < -0.4 is 5.32 Å². The monoisotopic (exact) mass is 330 g/mol. The highest BCUT2D eigenvalue weighted by molar-refractivity contribution is 5.75. The highest BCUT2D eigenvalue weighted by atomic mass is 16.4. The van der Waals surface area contributed by atoms with Gasteiger partial charge in [0, 0.05) is 19.5 Å². The third-order valence-electron chi connectivity index (χ3n) is 3.32. The van der Waals surface area contributed by atoms with Crippen molar-refractivity contribution in [1.29, 1.82) is 0 Å². The third-order valence-corrected chi connectivity index (χ3v) is 3.32. The molecule has 0 aromatic heterocycles. The number of rotatable bonds is 14. The quantitative estimate of drug-likeness (QED) is 0.212. The molecule has 0 aromatic carbocycles. The maximum atomic E-state index is 11.6. The molecule has 0 saturated carbocycles. The second-order valence-electron chi connectivity index (χ2n) is 5.36. The summed E-state index contributed by atoms with van der Waals surface area (Å²) in [6.45, 7) is 1.57. The van der Waals surface area contributed by atoms with Crippen molar-refractivity contribution in [3.05, 3.63) is 12.2 Å². The molecule has 0 aliphatic rings. The lowest BCUT2D eigenvalue weighted by atomic mass is 10.1. The summed E-state index contributed by atoms with van der Waals surface area (Å²) in [6.07, 6.45) is 8.47. The average Bonchev–Trinajstić information content (AvgIpc) is 2.52.